The number of aromatic nitrogens is 1. The van der Waals surface area contributed by atoms with Gasteiger partial charge in [-0.05, 0) is 37.0 Å². The van der Waals surface area contributed by atoms with Crippen molar-refractivity contribution >= 4 is 23.3 Å². The van der Waals surface area contributed by atoms with Gasteiger partial charge in [-0.1, -0.05) is 36.4 Å². The second kappa shape index (κ2) is 12.2. The predicted molar refractivity (Wildman–Crippen MR) is 123 cm³/mol. The molecule has 0 radical (unpaired) electrons. The summed E-state index contributed by atoms with van der Waals surface area (Å²) < 4.78 is 10.7. The third-order valence-electron chi connectivity index (χ3n) is 4.44. The summed E-state index contributed by atoms with van der Waals surface area (Å²) in [6.07, 6.45) is 4.06. The van der Waals surface area contributed by atoms with Gasteiger partial charge in [-0.15, -0.1) is 13.2 Å². The van der Waals surface area contributed by atoms with Gasteiger partial charge in [0.2, 0.25) is 5.82 Å². The van der Waals surface area contributed by atoms with Gasteiger partial charge in [0.25, 0.3) is 0 Å². The number of hydrogen-bond acceptors (Lipinski definition) is 7. The van der Waals surface area contributed by atoms with Gasteiger partial charge < -0.3 is 15.2 Å². The lowest BCUT2D eigenvalue weighted by Crippen LogP contribution is -2.32. The van der Waals surface area contributed by atoms with Gasteiger partial charge in [0.05, 0.1) is 37.0 Å². The zero-order valence-electron chi connectivity index (χ0n) is 18.2. The number of nitrogen functional groups attached to an aromatic ring is 1. The number of benzene rings is 1. The fraction of sp³-hybridized carbons (Fsp3) is 0.304. The normalized spacial score (nSPS) is 10.4. The van der Waals surface area contributed by atoms with Crippen LogP contribution in [0.1, 0.15) is 30.2 Å². The zero-order chi connectivity index (χ0) is 23.5. The van der Waals surface area contributed by atoms with Gasteiger partial charge in [-0.2, -0.15) is 0 Å². The van der Waals surface area contributed by atoms with E-state index in [0.717, 1.165) is 11.1 Å². The molecule has 170 valence electrons. The third-order valence-corrected chi connectivity index (χ3v) is 4.44. The molecular weight excluding hydrogens is 412 g/mol. The minimum Gasteiger partial charge on any atom is -0.449 e. The van der Waals surface area contributed by atoms with Crippen molar-refractivity contribution in [3.63, 3.8) is 0 Å². The van der Waals surface area contributed by atoms with Crippen LogP contribution in [0.25, 0.3) is 0 Å². The van der Waals surface area contributed by atoms with Gasteiger partial charge in [0.15, 0.2) is 0 Å². The summed E-state index contributed by atoms with van der Waals surface area (Å²) in [5, 5.41) is 11.8. The maximum Gasteiger partial charge on any atom is 0.414 e. The van der Waals surface area contributed by atoms with E-state index in [1.165, 1.54) is 11.0 Å². The molecule has 0 atom stereocenters. The monoisotopic (exact) mass is 440 g/mol. The minimum atomic E-state index is -0.728. The van der Waals surface area contributed by atoms with E-state index in [9.17, 15) is 14.9 Å². The Morgan fingerprint density at radius 1 is 1.28 bits per heavy atom. The molecule has 0 unspecified atom stereocenters. The number of hydrogen-bond donors (Lipinski definition) is 1. The molecule has 2 aromatic rings. The quantitative estimate of drug-likeness (QED) is 0.222. The van der Waals surface area contributed by atoms with Gasteiger partial charge >= 0.3 is 11.8 Å². The molecule has 0 bridgehead atoms. The smallest absolute Gasteiger partial charge is 0.414 e. The van der Waals surface area contributed by atoms with Gasteiger partial charge in [0, 0.05) is 0 Å². The molecule has 1 amide bonds. The van der Waals surface area contributed by atoms with E-state index in [-0.39, 0.29) is 31.3 Å². The van der Waals surface area contributed by atoms with Crippen LogP contribution in [0.4, 0.5) is 22.0 Å². The number of pyridine rings is 1. The van der Waals surface area contributed by atoms with E-state index >= 15 is 0 Å². The number of nitrogens with two attached hydrogens (primary N) is 1. The number of amides is 1. The highest BCUT2D eigenvalue weighted by Gasteiger charge is 2.30. The fourth-order valence-electron chi connectivity index (χ4n) is 3.06. The predicted octanol–water partition coefficient (Wildman–Crippen LogP) is 4.56. The average Bonchev–Trinajstić information content (AvgIpc) is 2.75. The van der Waals surface area contributed by atoms with Crippen LogP contribution in [0.2, 0.25) is 0 Å². The zero-order valence-corrected chi connectivity index (χ0v) is 18.2. The number of anilines is 2. The van der Waals surface area contributed by atoms with E-state index in [4.69, 9.17) is 15.2 Å². The number of carbonyl (C=O) groups excluding carboxylic acids is 1. The Labute approximate surface area is 187 Å². The lowest BCUT2D eigenvalue weighted by Gasteiger charge is -2.23. The molecule has 0 spiro atoms. The number of allylic oxidation sites excluding steroid dienone is 1. The van der Waals surface area contributed by atoms with Crippen LogP contribution in [0.15, 0.2) is 55.6 Å². The summed E-state index contributed by atoms with van der Waals surface area (Å²) in [5.41, 5.74) is 7.58. The highest BCUT2D eigenvalue weighted by Crippen LogP contribution is 2.35. The fourth-order valence-corrected chi connectivity index (χ4v) is 3.06. The Balaban J connectivity index is 2.50. The molecule has 9 nitrogen and oxygen atoms in total. The Morgan fingerprint density at radius 3 is 2.69 bits per heavy atom. The number of rotatable bonds is 12. The first-order valence-corrected chi connectivity index (χ1v) is 10.2. The number of nitro groups is 1. The molecule has 1 aromatic carbocycles. The van der Waals surface area contributed by atoms with E-state index < -0.39 is 16.7 Å². The molecule has 0 saturated heterocycles. The van der Waals surface area contributed by atoms with Crippen LogP contribution in [0.3, 0.4) is 0 Å². The van der Waals surface area contributed by atoms with Gasteiger partial charge in [-0.3, -0.25) is 15.0 Å². The SMILES string of the molecule is C=CCCOCc1cc(N(Cc2cccc(CC=C)c2)C(=O)OCC)c([N+](=O)[O-])c(N)n1. The topological polar surface area (TPSA) is 121 Å². The maximum absolute atomic E-state index is 12.8. The molecule has 0 saturated carbocycles. The molecule has 32 heavy (non-hydrogen) atoms. The molecule has 2 rings (SSSR count). The summed E-state index contributed by atoms with van der Waals surface area (Å²) in [7, 11) is 0. The highest BCUT2D eigenvalue weighted by molar-refractivity contribution is 5.92. The summed E-state index contributed by atoms with van der Waals surface area (Å²) in [4.78, 5) is 29.2. The first-order valence-electron chi connectivity index (χ1n) is 10.2. The van der Waals surface area contributed by atoms with Crippen molar-refractivity contribution in [1.82, 2.24) is 4.98 Å². The van der Waals surface area contributed by atoms with Crippen LogP contribution < -0.4 is 10.6 Å². The largest absolute Gasteiger partial charge is 0.449 e. The van der Waals surface area contributed by atoms with Crippen molar-refractivity contribution < 1.29 is 19.2 Å². The van der Waals surface area contributed by atoms with Gasteiger partial charge in [-0.25, -0.2) is 9.78 Å². The van der Waals surface area contributed by atoms with Crippen molar-refractivity contribution in [2.45, 2.75) is 32.9 Å². The highest BCUT2D eigenvalue weighted by atomic mass is 16.6. The minimum absolute atomic E-state index is 0.00241. The lowest BCUT2D eigenvalue weighted by atomic mass is 10.1. The molecule has 2 N–H and O–H groups in total. The van der Waals surface area contributed by atoms with E-state index in [2.05, 4.69) is 18.1 Å². The molecule has 0 aliphatic heterocycles. The Hall–Kier alpha value is -3.72. The molecule has 1 aromatic heterocycles. The van der Waals surface area contributed by atoms with Crippen molar-refractivity contribution in [1.29, 1.82) is 0 Å². The molecular formula is C23H28N4O5. The maximum atomic E-state index is 12.8. The van der Waals surface area contributed by atoms with E-state index in [1.807, 2.05) is 24.3 Å². The summed E-state index contributed by atoms with van der Waals surface area (Å²) in [5.74, 6) is -0.301. The number of ether oxygens (including phenoxy) is 2. The summed E-state index contributed by atoms with van der Waals surface area (Å²) in [6.45, 7) is 9.67. The Bertz CT molecular complexity index is 977. The first kappa shape index (κ1) is 24.5. The second-order valence-corrected chi connectivity index (χ2v) is 6.85. The molecule has 1 heterocycles. The number of nitrogens with zero attached hydrogens (tertiary/aromatic N) is 3. The van der Waals surface area contributed by atoms with Crippen molar-refractivity contribution in [2.75, 3.05) is 23.8 Å². The standard InChI is InChI=1S/C23H28N4O5/c1-4-7-12-31-16-19-14-20(21(27(29)30)22(24)25-19)26(23(28)32-6-3)15-18-11-8-10-17(13-18)9-5-2/h4-5,8,10-11,13-14H,1-2,6-7,9,12,15-16H2,3H3,(H2,24,25). The third kappa shape index (κ3) is 6.64. The van der Waals surface area contributed by atoms with Gasteiger partial charge in [0.1, 0.15) is 5.69 Å². The van der Waals surface area contributed by atoms with E-state index in [0.29, 0.717) is 25.1 Å². The molecule has 0 fully saturated rings. The first-order chi connectivity index (χ1) is 15.4. The summed E-state index contributed by atoms with van der Waals surface area (Å²) in [6, 6.07) is 8.96. The van der Waals surface area contributed by atoms with Crippen molar-refractivity contribution in [2.24, 2.45) is 0 Å². The Morgan fingerprint density at radius 2 is 2.03 bits per heavy atom. The Kier molecular flexibility index (Phi) is 9.37. The van der Waals surface area contributed by atoms with Crippen LogP contribution >= 0.6 is 0 Å². The van der Waals surface area contributed by atoms with Crippen LogP contribution in [0.5, 0.6) is 0 Å². The second-order valence-electron chi connectivity index (χ2n) is 6.85. The lowest BCUT2D eigenvalue weighted by molar-refractivity contribution is -0.383. The average molecular weight is 441 g/mol. The molecule has 9 heteroatoms. The van der Waals surface area contributed by atoms with Crippen LogP contribution in [-0.2, 0) is 29.0 Å². The summed E-state index contributed by atoms with van der Waals surface area (Å²) >= 11 is 0. The molecule has 0 aliphatic rings. The van der Waals surface area contributed by atoms with Crippen LogP contribution in [-0.4, -0.2) is 29.2 Å². The number of carbonyl (C=O) groups is 1. The van der Waals surface area contributed by atoms with Crippen molar-refractivity contribution in [3.05, 3.63) is 82.6 Å². The van der Waals surface area contributed by atoms with E-state index in [1.54, 1.807) is 19.1 Å². The molecule has 0 aliphatic carbocycles. The van der Waals surface area contributed by atoms with Crippen molar-refractivity contribution in [3.8, 4) is 0 Å². The van der Waals surface area contributed by atoms with Crippen LogP contribution in [0, 0.1) is 10.1 Å².